The van der Waals surface area contributed by atoms with Gasteiger partial charge in [-0.15, -0.1) is 0 Å². The lowest BCUT2D eigenvalue weighted by atomic mass is 10.1. The molecule has 1 N–H and O–H groups in total. The van der Waals surface area contributed by atoms with E-state index >= 15 is 0 Å². The van der Waals surface area contributed by atoms with Crippen LogP contribution in [0.1, 0.15) is 18.1 Å². The summed E-state index contributed by atoms with van der Waals surface area (Å²) in [7, 11) is 1.73. The van der Waals surface area contributed by atoms with Gasteiger partial charge in [0.1, 0.15) is 5.84 Å². The topological polar surface area (TPSA) is 36.8 Å². The molecule has 0 atom stereocenters. The minimum absolute atomic E-state index is 0.655. The Labute approximate surface area is 103 Å². The van der Waals surface area contributed by atoms with E-state index in [4.69, 9.17) is 0 Å². The first-order chi connectivity index (χ1) is 8.17. The Bertz CT molecular complexity index is 445. The van der Waals surface area contributed by atoms with Crippen LogP contribution in [0.2, 0.25) is 0 Å². The Morgan fingerprint density at radius 1 is 1.47 bits per heavy atom. The Morgan fingerprint density at radius 2 is 2.24 bits per heavy atom. The molecule has 0 spiro atoms. The highest BCUT2D eigenvalue weighted by molar-refractivity contribution is 5.98. The summed E-state index contributed by atoms with van der Waals surface area (Å²) in [5.41, 5.74) is 3.13. The lowest BCUT2D eigenvalue weighted by molar-refractivity contribution is 0.906. The number of benzene rings is 1. The highest BCUT2D eigenvalue weighted by atomic mass is 15.0. The van der Waals surface area contributed by atoms with Crippen LogP contribution in [-0.4, -0.2) is 19.1 Å². The quantitative estimate of drug-likeness (QED) is 0.625. The smallest absolute Gasteiger partial charge is 0.146 e. The molecule has 0 heterocycles. The van der Waals surface area contributed by atoms with Gasteiger partial charge in [-0.3, -0.25) is 9.98 Å². The first-order valence-electron chi connectivity index (χ1n) is 5.61. The molecule has 90 valence electrons. The van der Waals surface area contributed by atoms with Crippen molar-refractivity contribution in [1.82, 2.24) is 5.32 Å². The molecule has 3 heteroatoms. The normalized spacial score (nSPS) is 11.8. The van der Waals surface area contributed by atoms with Gasteiger partial charge in [-0.1, -0.05) is 36.4 Å². The van der Waals surface area contributed by atoms with Crippen molar-refractivity contribution in [2.45, 2.75) is 20.4 Å². The zero-order valence-electron chi connectivity index (χ0n) is 10.7. The third-order valence-corrected chi connectivity index (χ3v) is 2.32. The zero-order chi connectivity index (χ0) is 12.7. The van der Waals surface area contributed by atoms with E-state index in [1.807, 2.05) is 13.0 Å². The lowest BCUT2D eigenvalue weighted by Crippen LogP contribution is -2.24. The molecular weight excluding hydrogens is 210 g/mol. The van der Waals surface area contributed by atoms with E-state index in [-0.39, 0.29) is 0 Å². The van der Waals surface area contributed by atoms with Gasteiger partial charge in [-0.2, -0.15) is 0 Å². The monoisotopic (exact) mass is 229 g/mol. The molecule has 0 amide bonds. The summed E-state index contributed by atoms with van der Waals surface area (Å²) in [4.78, 5) is 8.25. The van der Waals surface area contributed by atoms with Crippen LogP contribution < -0.4 is 5.32 Å². The summed E-state index contributed by atoms with van der Waals surface area (Å²) in [6.45, 7) is 8.53. The summed E-state index contributed by atoms with van der Waals surface area (Å²) in [5, 5.41) is 3.23. The van der Waals surface area contributed by atoms with Gasteiger partial charge in [0.05, 0.1) is 5.70 Å². The number of nitrogens with zero attached hydrogens (tertiary/aromatic N) is 2. The summed E-state index contributed by atoms with van der Waals surface area (Å²) in [6.07, 6.45) is 1.71. The Morgan fingerprint density at radius 3 is 2.82 bits per heavy atom. The van der Waals surface area contributed by atoms with Crippen molar-refractivity contribution < 1.29 is 0 Å². The van der Waals surface area contributed by atoms with Gasteiger partial charge < -0.3 is 5.32 Å². The van der Waals surface area contributed by atoms with E-state index in [2.05, 4.69) is 47.0 Å². The van der Waals surface area contributed by atoms with Gasteiger partial charge >= 0.3 is 0 Å². The van der Waals surface area contributed by atoms with Crippen LogP contribution in [0.3, 0.4) is 0 Å². The minimum atomic E-state index is 0.655. The van der Waals surface area contributed by atoms with Crippen molar-refractivity contribution in [3.63, 3.8) is 0 Å². The van der Waals surface area contributed by atoms with Crippen molar-refractivity contribution in [1.29, 1.82) is 0 Å². The lowest BCUT2D eigenvalue weighted by Gasteiger charge is -2.09. The standard InChI is InChI=1S/C14H19N3/c1-5-16-12(3)14(15-4)17-10-13-8-6-7-11(2)9-13/h5-9H,3,10H2,1-2,4H3,(H,15,17). The molecular formula is C14H19N3. The summed E-state index contributed by atoms with van der Waals surface area (Å²) in [5.74, 6) is 0.726. The molecule has 17 heavy (non-hydrogen) atoms. The van der Waals surface area contributed by atoms with Crippen molar-refractivity contribution in [2.75, 3.05) is 7.05 Å². The van der Waals surface area contributed by atoms with Gasteiger partial charge in [0.25, 0.3) is 0 Å². The number of aryl methyl sites for hydroxylation is 1. The van der Waals surface area contributed by atoms with Crippen molar-refractivity contribution in [2.24, 2.45) is 9.98 Å². The van der Waals surface area contributed by atoms with Crippen molar-refractivity contribution >= 4 is 12.1 Å². The van der Waals surface area contributed by atoms with Gasteiger partial charge in [0.2, 0.25) is 0 Å². The van der Waals surface area contributed by atoms with E-state index < -0.39 is 0 Å². The zero-order valence-corrected chi connectivity index (χ0v) is 10.7. The maximum absolute atomic E-state index is 4.14. The summed E-state index contributed by atoms with van der Waals surface area (Å²) >= 11 is 0. The van der Waals surface area contributed by atoms with Gasteiger partial charge in [-0.05, 0) is 19.4 Å². The second-order valence-corrected chi connectivity index (χ2v) is 3.75. The van der Waals surface area contributed by atoms with Crippen LogP contribution in [0.4, 0.5) is 0 Å². The molecule has 0 saturated heterocycles. The summed E-state index contributed by atoms with van der Waals surface area (Å²) < 4.78 is 0. The third kappa shape index (κ3) is 4.23. The van der Waals surface area contributed by atoms with Crippen LogP contribution in [0.25, 0.3) is 0 Å². The van der Waals surface area contributed by atoms with E-state index in [9.17, 15) is 0 Å². The van der Waals surface area contributed by atoms with E-state index in [0.717, 1.165) is 12.4 Å². The number of rotatable bonds is 4. The molecule has 0 radical (unpaired) electrons. The molecule has 0 bridgehead atoms. The van der Waals surface area contributed by atoms with Crippen LogP contribution in [0.15, 0.2) is 46.5 Å². The van der Waals surface area contributed by atoms with E-state index in [0.29, 0.717) is 5.70 Å². The van der Waals surface area contributed by atoms with Crippen LogP contribution in [-0.2, 0) is 6.54 Å². The predicted octanol–water partition coefficient (Wildman–Crippen LogP) is 2.72. The molecule has 3 nitrogen and oxygen atoms in total. The van der Waals surface area contributed by atoms with E-state index in [1.165, 1.54) is 11.1 Å². The third-order valence-electron chi connectivity index (χ3n) is 2.32. The molecule has 0 fully saturated rings. The second kappa shape index (κ2) is 6.63. The fourth-order valence-corrected chi connectivity index (χ4v) is 1.54. The molecule has 1 rings (SSSR count). The SMILES string of the molecule is C=C(N=CC)C(=NC)NCc1cccc(C)c1. The highest BCUT2D eigenvalue weighted by Gasteiger charge is 2.01. The van der Waals surface area contributed by atoms with Crippen molar-refractivity contribution in [3.05, 3.63) is 47.7 Å². The number of aliphatic imine (C=N–C) groups is 2. The largest absolute Gasteiger partial charge is 0.365 e. The fourth-order valence-electron chi connectivity index (χ4n) is 1.54. The summed E-state index contributed by atoms with van der Waals surface area (Å²) in [6, 6.07) is 8.36. The van der Waals surface area contributed by atoms with Gasteiger partial charge in [0.15, 0.2) is 0 Å². The molecule has 1 aromatic rings. The number of nitrogens with one attached hydrogen (secondary N) is 1. The molecule has 0 saturated carbocycles. The van der Waals surface area contributed by atoms with Crippen LogP contribution in [0, 0.1) is 6.92 Å². The van der Waals surface area contributed by atoms with Gasteiger partial charge in [-0.25, -0.2) is 0 Å². The highest BCUT2D eigenvalue weighted by Crippen LogP contribution is 2.04. The first kappa shape index (κ1) is 13.2. The second-order valence-electron chi connectivity index (χ2n) is 3.75. The minimum Gasteiger partial charge on any atom is -0.365 e. The molecule has 0 aliphatic heterocycles. The Balaban J connectivity index is 2.63. The Kier molecular flexibility index (Phi) is 5.14. The average molecular weight is 229 g/mol. The van der Waals surface area contributed by atoms with Crippen LogP contribution in [0.5, 0.6) is 0 Å². The molecule has 0 aromatic heterocycles. The maximum Gasteiger partial charge on any atom is 0.146 e. The molecule has 0 unspecified atom stereocenters. The van der Waals surface area contributed by atoms with E-state index in [1.54, 1.807) is 13.3 Å². The Hall–Kier alpha value is -1.90. The number of hydrogen-bond donors (Lipinski definition) is 1. The number of amidine groups is 1. The number of hydrogen-bond acceptors (Lipinski definition) is 2. The van der Waals surface area contributed by atoms with Crippen LogP contribution >= 0.6 is 0 Å². The fraction of sp³-hybridized carbons (Fsp3) is 0.286. The molecule has 1 aromatic carbocycles. The first-order valence-corrected chi connectivity index (χ1v) is 5.61. The maximum atomic E-state index is 4.14. The predicted molar refractivity (Wildman–Crippen MR) is 74.7 cm³/mol. The van der Waals surface area contributed by atoms with Gasteiger partial charge in [0, 0.05) is 19.8 Å². The molecule has 0 aliphatic rings. The average Bonchev–Trinajstić information content (AvgIpc) is 2.30. The molecule has 0 aliphatic carbocycles. The van der Waals surface area contributed by atoms with Crippen molar-refractivity contribution in [3.8, 4) is 0 Å².